The van der Waals surface area contributed by atoms with Gasteiger partial charge in [-0.25, -0.2) is 0 Å². The molecule has 0 heterocycles. The van der Waals surface area contributed by atoms with Gasteiger partial charge in [-0.05, 0) is 0 Å². The van der Waals surface area contributed by atoms with E-state index in [0.717, 1.165) is 11.1 Å². The fraction of sp³-hybridized carbons (Fsp3) is 0.455. The van der Waals surface area contributed by atoms with Gasteiger partial charge >= 0.3 is 92.7 Å². The number of halogens is 3. The van der Waals surface area contributed by atoms with E-state index in [1.165, 1.54) is 0 Å². The summed E-state index contributed by atoms with van der Waals surface area (Å²) in [4.78, 5) is 0. The molecule has 0 amide bonds. The third-order valence-corrected chi connectivity index (χ3v) is 4.23. The molecule has 14 heavy (non-hydrogen) atoms. The van der Waals surface area contributed by atoms with Crippen molar-refractivity contribution in [3.63, 3.8) is 0 Å². The summed E-state index contributed by atoms with van der Waals surface area (Å²) in [5.74, 6) is 0. The van der Waals surface area contributed by atoms with Crippen molar-refractivity contribution < 1.29 is 5.72 Å². The Bertz CT molecular complexity index is 327. The summed E-state index contributed by atoms with van der Waals surface area (Å²) < 4.78 is 25.8. The van der Waals surface area contributed by atoms with E-state index in [4.69, 9.17) is 0 Å². The predicted octanol–water partition coefficient (Wildman–Crippen LogP) is 4.74. The Kier molecular flexibility index (Phi) is 3.50. The first-order valence-electron chi connectivity index (χ1n) is 4.46. The summed E-state index contributed by atoms with van der Waals surface area (Å²) in [7, 11) is 0. The molecule has 0 nitrogen and oxygen atoms in total. The second-order valence-corrected chi connectivity index (χ2v) is 6.70. The molecule has 0 spiro atoms. The zero-order valence-corrected chi connectivity index (χ0v) is 11.0. The molecule has 0 aliphatic heterocycles. The number of hydrogen-bond acceptors (Lipinski definition) is 0. The first kappa shape index (κ1) is 11.9. The van der Waals surface area contributed by atoms with Gasteiger partial charge in [0.1, 0.15) is 0 Å². The van der Waals surface area contributed by atoms with Crippen LogP contribution in [-0.2, 0) is 5.41 Å². The molecule has 80 valence electrons. The molecular weight excluding hydrogens is 297 g/mol. The summed E-state index contributed by atoms with van der Waals surface area (Å²) in [6.07, 6.45) is 0. The normalized spacial score (nSPS) is 12.9. The van der Waals surface area contributed by atoms with E-state index < -0.39 is 21.0 Å². The molecule has 0 atom stereocenters. The molecular formula is C11H15F2I. The van der Waals surface area contributed by atoms with Gasteiger partial charge in [0.05, 0.1) is 0 Å². The summed E-state index contributed by atoms with van der Waals surface area (Å²) in [5, 5.41) is 0. The van der Waals surface area contributed by atoms with Crippen LogP contribution in [0.5, 0.6) is 0 Å². The van der Waals surface area contributed by atoms with Crippen LogP contribution in [0.25, 0.3) is 0 Å². The van der Waals surface area contributed by atoms with Crippen molar-refractivity contribution in [2.24, 2.45) is 0 Å². The molecule has 0 bridgehead atoms. The molecule has 1 aromatic carbocycles. The Balaban J connectivity index is 3.20. The van der Waals surface area contributed by atoms with Crippen LogP contribution in [0.3, 0.4) is 0 Å². The summed E-state index contributed by atoms with van der Waals surface area (Å²) >= 11 is -3.83. The molecule has 1 aromatic rings. The van der Waals surface area contributed by atoms with E-state index in [1.54, 1.807) is 19.1 Å². The van der Waals surface area contributed by atoms with Crippen LogP contribution < -0.4 is 0 Å². The van der Waals surface area contributed by atoms with Crippen LogP contribution in [0.4, 0.5) is 5.72 Å². The van der Waals surface area contributed by atoms with Gasteiger partial charge in [-0.2, -0.15) is 0 Å². The van der Waals surface area contributed by atoms with Crippen LogP contribution in [0.2, 0.25) is 0 Å². The van der Waals surface area contributed by atoms with E-state index in [9.17, 15) is 5.72 Å². The molecule has 0 unspecified atom stereocenters. The van der Waals surface area contributed by atoms with Gasteiger partial charge in [0.25, 0.3) is 0 Å². The topological polar surface area (TPSA) is 0 Å². The fourth-order valence-electron chi connectivity index (χ4n) is 1.21. The van der Waals surface area contributed by atoms with Crippen LogP contribution in [0.1, 0.15) is 31.9 Å². The third-order valence-electron chi connectivity index (χ3n) is 2.19. The molecule has 0 aromatic heterocycles. The molecule has 3 heteroatoms. The van der Waals surface area contributed by atoms with Crippen molar-refractivity contribution in [2.75, 3.05) is 0 Å². The second-order valence-electron chi connectivity index (χ2n) is 4.41. The monoisotopic (exact) mass is 312 g/mol. The maximum atomic E-state index is 12.8. The Morgan fingerprint density at radius 1 is 1.14 bits per heavy atom. The standard InChI is InChI=1S/C11H15F2I/c1-8-5-6-9(11(2,3)4)7-10(8)14(12)13/h5-7H,1-4H3. The Labute approximate surface area is 92.7 Å². The Morgan fingerprint density at radius 2 is 1.71 bits per heavy atom. The molecule has 0 fully saturated rings. The first-order chi connectivity index (χ1) is 6.32. The van der Waals surface area contributed by atoms with E-state index >= 15 is 0 Å². The quantitative estimate of drug-likeness (QED) is 0.657. The summed E-state index contributed by atoms with van der Waals surface area (Å²) in [5.41, 5.74) is 1.68. The van der Waals surface area contributed by atoms with Crippen molar-refractivity contribution in [2.45, 2.75) is 33.1 Å². The zero-order chi connectivity index (χ0) is 10.9. The number of hydrogen-bond donors (Lipinski definition) is 0. The van der Waals surface area contributed by atoms with E-state index in [1.807, 2.05) is 26.8 Å². The van der Waals surface area contributed by atoms with Crippen LogP contribution >= 0.6 is 21.0 Å². The molecule has 0 saturated carbocycles. The van der Waals surface area contributed by atoms with Crippen molar-refractivity contribution in [3.05, 3.63) is 32.9 Å². The van der Waals surface area contributed by atoms with Gasteiger partial charge in [-0.1, -0.05) is 0 Å². The van der Waals surface area contributed by atoms with E-state index in [-0.39, 0.29) is 5.41 Å². The summed E-state index contributed by atoms with van der Waals surface area (Å²) in [6, 6.07) is 5.43. The van der Waals surface area contributed by atoms with Gasteiger partial charge in [0, 0.05) is 0 Å². The average Bonchev–Trinajstić information content (AvgIpc) is 2.02. The molecule has 0 aliphatic carbocycles. The van der Waals surface area contributed by atoms with E-state index in [0.29, 0.717) is 3.57 Å². The maximum absolute atomic E-state index is 12.8. The van der Waals surface area contributed by atoms with Crippen molar-refractivity contribution >= 4 is 21.0 Å². The van der Waals surface area contributed by atoms with Crippen LogP contribution in [0.15, 0.2) is 18.2 Å². The minimum absolute atomic E-state index is 0.0470. The van der Waals surface area contributed by atoms with Gasteiger partial charge < -0.3 is 0 Å². The van der Waals surface area contributed by atoms with Crippen molar-refractivity contribution in [1.82, 2.24) is 0 Å². The van der Waals surface area contributed by atoms with Gasteiger partial charge in [-0.3, -0.25) is 0 Å². The SMILES string of the molecule is Cc1ccc(C(C)(C)C)cc1I(F)F. The van der Waals surface area contributed by atoms with E-state index in [2.05, 4.69) is 0 Å². The summed E-state index contributed by atoms with van der Waals surface area (Å²) in [6.45, 7) is 7.87. The molecule has 1 rings (SSSR count). The fourth-order valence-corrected chi connectivity index (χ4v) is 2.61. The number of benzene rings is 1. The van der Waals surface area contributed by atoms with Crippen molar-refractivity contribution in [3.8, 4) is 0 Å². The minimum atomic E-state index is -3.83. The molecule has 0 saturated heterocycles. The first-order valence-corrected chi connectivity index (χ1v) is 7.17. The number of rotatable bonds is 1. The Morgan fingerprint density at radius 3 is 2.14 bits per heavy atom. The predicted molar refractivity (Wildman–Crippen MR) is 64.8 cm³/mol. The second kappa shape index (κ2) is 4.13. The molecule has 0 N–H and O–H groups in total. The Hall–Kier alpha value is -0.190. The van der Waals surface area contributed by atoms with Gasteiger partial charge in [0.15, 0.2) is 0 Å². The number of aryl methyl sites for hydroxylation is 1. The van der Waals surface area contributed by atoms with Crippen LogP contribution in [0, 0.1) is 10.5 Å². The third kappa shape index (κ3) is 2.65. The van der Waals surface area contributed by atoms with Crippen molar-refractivity contribution in [1.29, 1.82) is 0 Å². The zero-order valence-electron chi connectivity index (χ0n) is 8.87. The molecule has 0 radical (unpaired) electrons. The van der Waals surface area contributed by atoms with Crippen LogP contribution in [-0.4, -0.2) is 0 Å². The average molecular weight is 312 g/mol. The molecule has 0 aliphatic rings. The van der Waals surface area contributed by atoms with Gasteiger partial charge in [0.2, 0.25) is 0 Å². The van der Waals surface area contributed by atoms with Gasteiger partial charge in [-0.15, -0.1) is 0 Å².